The molecule has 1 aromatic rings. The van der Waals surface area contributed by atoms with E-state index >= 15 is 0 Å². The maximum atomic E-state index is 13.5. The fraction of sp³-hybridized carbons (Fsp3) is 0.594. The van der Waals surface area contributed by atoms with E-state index in [1.54, 1.807) is 40.5 Å². The lowest BCUT2D eigenvalue weighted by molar-refractivity contribution is 0.0515. The Bertz CT molecular complexity index is 1190. The monoisotopic (exact) mass is 556 g/mol. The van der Waals surface area contributed by atoms with Crippen LogP contribution >= 0.6 is 0 Å². The second-order valence-corrected chi connectivity index (χ2v) is 10.7. The average Bonchev–Trinajstić information content (AvgIpc) is 2.92. The van der Waals surface area contributed by atoms with Crippen molar-refractivity contribution in [3.63, 3.8) is 0 Å². The molecule has 1 aliphatic carbocycles. The fourth-order valence-electron chi connectivity index (χ4n) is 5.31. The number of pyridine rings is 1. The van der Waals surface area contributed by atoms with Gasteiger partial charge in [0.1, 0.15) is 17.0 Å². The summed E-state index contributed by atoms with van der Waals surface area (Å²) < 4.78 is 24.2. The molecule has 0 spiro atoms. The zero-order valence-corrected chi connectivity index (χ0v) is 25.8. The molecular weight excluding hydrogens is 508 g/mol. The third-order valence-corrected chi connectivity index (χ3v) is 7.36. The van der Waals surface area contributed by atoms with Gasteiger partial charge in [0.25, 0.3) is 0 Å². The van der Waals surface area contributed by atoms with E-state index in [9.17, 15) is 9.59 Å². The summed E-state index contributed by atoms with van der Waals surface area (Å²) in [6, 6.07) is 1.51. The second kappa shape index (κ2) is 15.7. The molecule has 0 amide bonds. The van der Waals surface area contributed by atoms with Crippen LogP contribution in [0.15, 0.2) is 51.6 Å². The number of hydrogen-bond donors (Lipinski definition) is 0. The topological polar surface area (TPSA) is 88.3 Å². The summed E-state index contributed by atoms with van der Waals surface area (Å²) in [7, 11) is 5.11. The van der Waals surface area contributed by atoms with Gasteiger partial charge in [-0.05, 0) is 37.3 Å². The number of methoxy groups -OCH3 is 2. The Kier molecular flexibility index (Phi) is 13.1. The van der Waals surface area contributed by atoms with E-state index in [0.29, 0.717) is 25.6 Å². The number of aliphatic imine (C=N–C) groups is 1. The predicted octanol–water partition coefficient (Wildman–Crippen LogP) is 6.03. The first-order valence-electron chi connectivity index (χ1n) is 14.3. The SMILES string of the molecule is CCOC(=O)c1cn(C(CC)C(C)(C)COC)c(/C(=C2\C=CC=C(OCCCOC)C2=NC)C(C)CC)cc1=O. The van der Waals surface area contributed by atoms with Gasteiger partial charge >= 0.3 is 5.97 Å². The average molecular weight is 557 g/mol. The molecule has 2 atom stereocenters. The van der Waals surface area contributed by atoms with Gasteiger partial charge in [-0.25, -0.2) is 4.79 Å². The van der Waals surface area contributed by atoms with Crippen molar-refractivity contribution in [1.82, 2.24) is 4.57 Å². The Morgan fingerprint density at radius 1 is 1.10 bits per heavy atom. The highest BCUT2D eigenvalue weighted by molar-refractivity contribution is 6.18. The molecule has 0 radical (unpaired) electrons. The van der Waals surface area contributed by atoms with Crippen LogP contribution in [0.25, 0.3) is 5.57 Å². The number of carbonyl (C=O) groups is 1. The largest absolute Gasteiger partial charge is 0.491 e. The number of rotatable bonds is 15. The van der Waals surface area contributed by atoms with E-state index in [1.807, 2.05) is 18.2 Å². The van der Waals surface area contributed by atoms with Crippen LogP contribution in [0.2, 0.25) is 0 Å². The van der Waals surface area contributed by atoms with Crippen molar-refractivity contribution in [3.05, 3.63) is 63.3 Å². The fourth-order valence-corrected chi connectivity index (χ4v) is 5.31. The molecule has 1 aliphatic rings. The molecule has 8 nitrogen and oxygen atoms in total. The normalized spacial score (nSPS) is 17.4. The number of carbonyl (C=O) groups excluding carboxylic acids is 1. The standard InChI is InChI=1S/C32H48N2O6/c1-10-22(4)29(23-15-13-16-27(30(23)33-7)40-18-14-17-37-8)25-19-26(35)24(31(36)39-12-3)20-34(25)28(11-2)32(5,6)21-38-9/h13,15-16,19-20,22,28H,10-12,14,17-18,21H2,1-9H3/b29-23+,33-30?. The second-order valence-electron chi connectivity index (χ2n) is 10.7. The maximum Gasteiger partial charge on any atom is 0.343 e. The third kappa shape index (κ3) is 7.82. The number of aromatic nitrogens is 1. The summed E-state index contributed by atoms with van der Waals surface area (Å²) in [4.78, 5) is 30.9. The Morgan fingerprint density at radius 2 is 1.82 bits per heavy atom. The van der Waals surface area contributed by atoms with Crippen LogP contribution in [-0.2, 0) is 18.9 Å². The van der Waals surface area contributed by atoms with Crippen LogP contribution in [0.1, 0.15) is 82.9 Å². The zero-order valence-electron chi connectivity index (χ0n) is 25.8. The van der Waals surface area contributed by atoms with Crippen molar-refractivity contribution in [2.45, 2.75) is 66.8 Å². The highest BCUT2D eigenvalue weighted by Crippen LogP contribution is 2.40. The van der Waals surface area contributed by atoms with E-state index in [0.717, 1.165) is 41.8 Å². The van der Waals surface area contributed by atoms with Gasteiger partial charge in [-0.1, -0.05) is 46.8 Å². The van der Waals surface area contributed by atoms with Gasteiger partial charge in [0.15, 0.2) is 5.43 Å². The van der Waals surface area contributed by atoms with Crippen molar-refractivity contribution < 1.29 is 23.7 Å². The van der Waals surface area contributed by atoms with Gasteiger partial charge in [0, 0.05) is 69.3 Å². The van der Waals surface area contributed by atoms with Gasteiger partial charge in [-0.2, -0.15) is 0 Å². The summed E-state index contributed by atoms with van der Waals surface area (Å²) in [6.45, 7) is 14.2. The minimum atomic E-state index is -0.618. The Balaban J connectivity index is 2.89. The van der Waals surface area contributed by atoms with Crippen molar-refractivity contribution in [3.8, 4) is 0 Å². The zero-order chi connectivity index (χ0) is 29.9. The molecule has 1 aromatic heterocycles. The van der Waals surface area contributed by atoms with Crippen molar-refractivity contribution >= 4 is 17.3 Å². The molecule has 1 heterocycles. The van der Waals surface area contributed by atoms with Gasteiger partial charge in [0.2, 0.25) is 0 Å². The number of nitrogens with zero attached hydrogens (tertiary/aromatic N) is 2. The van der Waals surface area contributed by atoms with Gasteiger partial charge in [-0.3, -0.25) is 9.79 Å². The number of esters is 1. The van der Waals surface area contributed by atoms with E-state index in [1.165, 1.54) is 0 Å². The van der Waals surface area contributed by atoms with Crippen LogP contribution in [0, 0.1) is 11.3 Å². The van der Waals surface area contributed by atoms with Crippen LogP contribution in [0.3, 0.4) is 0 Å². The molecule has 0 saturated carbocycles. The smallest absolute Gasteiger partial charge is 0.343 e. The van der Waals surface area contributed by atoms with E-state index < -0.39 is 5.97 Å². The Hall–Kier alpha value is -2.97. The molecule has 0 saturated heterocycles. The molecule has 2 unspecified atom stereocenters. The van der Waals surface area contributed by atoms with Crippen molar-refractivity contribution in [2.24, 2.45) is 16.3 Å². The highest BCUT2D eigenvalue weighted by atomic mass is 16.5. The van der Waals surface area contributed by atoms with E-state index in [-0.39, 0.29) is 35.0 Å². The molecule has 0 aromatic carbocycles. The molecule has 222 valence electrons. The van der Waals surface area contributed by atoms with Crippen LogP contribution in [-0.4, -0.2) is 63.9 Å². The molecule has 0 fully saturated rings. The molecule has 0 aliphatic heterocycles. The van der Waals surface area contributed by atoms with E-state index in [2.05, 4.69) is 44.2 Å². The van der Waals surface area contributed by atoms with E-state index in [4.69, 9.17) is 18.9 Å². The van der Waals surface area contributed by atoms with Crippen LogP contribution in [0.4, 0.5) is 0 Å². The van der Waals surface area contributed by atoms with Gasteiger partial charge < -0.3 is 23.5 Å². The lowest BCUT2D eigenvalue weighted by atomic mass is 9.81. The van der Waals surface area contributed by atoms with Crippen LogP contribution in [0.5, 0.6) is 0 Å². The minimum Gasteiger partial charge on any atom is -0.491 e. The molecule has 2 rings (SSSR count). The molecule has 0 bridgehead atoms. The number of allylic oxidation sites excluding steroid dienone is 5. The van der Waals surface area contributed by atoms with Crippen LogP contribution < -0.4 is 5.43 Å². The molecule has 0 N–H and O–H groups in total. The number of hydrogen-bond acceptors (Lipinski definition) is 7. The minimum absolute atomic E-state index is 0.0244. The quantitative estimate of drug-likeness (QED) is 0.194. The first-order chi connectivity index (χ1) is 19.1. The van der Waals surface area contributed by atoms with Crippen molar-refractivity contribution in [1.29, 1.82) is 0 Å². The first-order valence-corrected chi connectivity index (χ1v) is 14.3. The molecule has 40 heavy (non-hydrogen) atoms. The first kappa shape index (κ1) is 33.2. The predicted molar refractivity (Wildman–Crippen MR) is 161 cm³/mol. The summed E-state index contributed by atoms with van der Waals surface area (Å²) in [5.74, 6) is 0.139. The van der Waals surface area contributed by atoms with Gasteiger partial charge in [-0.15, -0.1) is 0 Å². The third-order valence-electron chi connectivity index (χ3n) is 7.36. The summed E-state index contributed by atoms with van der Waals surface area (Å²) in [6.07, 6.45) is 9.94. The van der Waals surface area contributed by atoms with Gasteiger partial charge in [0.05, 0.1) is 19.8 Å². The Labute approximate surface area is 239 Å². The summed E-state index contributed by atoms with van der Waals surface area (Å²) in [5.41, 5.74) is 2.72. The highest BCUT2D eigenvalue weighted by Gasteiger charge is 2.34. The maximum absolute atomic E-state index is 13.5. The molecular formula is C32H48N2O6. The lowest BCUT2D eigenvalue weighted by Crippen LogP contribution is -2.34. The lowest BCUT2D eigenvalue weighted by Gasteiger charge is -2.38. The summed E-state index contributed by atoms with van der Waals surface area (Å²) in [5, 5.41) is 0. The number of ether oxygens (including phenoxy) is 4. The summed E-state index contributed by atoms with van der Waals surface area (Å²) >= 11 is 0. The molecule has 8 heteroatoms. The van der Waals surface area contributed by atoms with Crippen molar-refractivity contribution in [2.75, 3.05) is 47.7 Å². The Morgan fingerprint density at radius 3 is 2.40 bits per heavy atom.